The lowest BCUT2D eigenvalue weighted by Gasteiger charge is -2.20. The number of rotatable bonds is 3. The van der Waals surface area contributed by atoms with Crippen LogP contribution in [0.2, 0.25) is 0 Å². The Kier molecular flexibility index (Phi) is 3.03. The maximum Gasteiger partial charge on any atom is 0.351 e. The molecule has 0 aliphatic rings. The fourth-order valence-corrected chi connectivity index (χ4v) is 1.79. The molecule has 0 spiro atoms. The highest BCUT2D eigenvalue weighted by Gasteiger charge is 2.14. The molecule has 0 saturated heterocycles. The van der Waals surface area contributed by atoms with Crippen molar-refractivity contribution in [3.63, 3.8) is 0 Å². The molecule has 6 nitrogen and oxygen atoms in total. The molecule has 0 unspecified atom stereocenters. The zero-order valence-electron chi connectivity index (χ0n) is 10.2. The van der Waals surface area contributed by atoms with E-state index in [0.29, 0.717) is 17.0 Å². The standard InChI is InChI=1S/C11H15N5O/c1-4-16(5-2)10-8-9(13-7-6-12-8)15(3)11(17)14-10/h6-7H,4-5H2,1-3H3. The first-order valence-corrected chi connectivity index (χ1v) is 5.61. The van der Waals surface area contributed by atoms with Crippen LogP contribution in [-0.2, 0) is 7.05 Å². The van der Waals surface area contributed by atoms with Gasteiger partial charge in [-0.25, -0.2) is 14.8 Å². The third kappa shape index (κ3) is 1.86. The summed E-state index contributed by atoms with van der Waals surface area (Å²) in [5.74, 6) is 0.612. The van der Waals surface area contributed by atoms with Gasteiger partial charge in [0.25, 0.3) is 0 Å². The summed E-state index contributed by atoms with van der Waals surface area (Å²) in [4.78, 5) is 26.3. The second-order valence-corrected chi connectivity index (χ2v) is 3.68. The van der Waals surface area contributed by atoms with Crippen molar-refractivity contribution < 1.29 is 0 Å². The molecule has 90 valence electrons. The van der Waals surface area contributed by atoms with Crippen molar-refractivity contribution in [2.24, 2.45) is 7.05 Å². The maximum atomic E-state index is 11.7. The predicted molar refractivity (Wildman–Crippen MR) is 66.1 cm³/mol. The number of aryl methyl sites for hydroxylation is 1. The Balaban J connectivity index is 2.80. The van der Waals surface area contributed by atoms with Gasteiger partial charge in [0.2, 0.25) is 0 Å². The van der Waals surface area contributed by atoms with Crippen molar-refractivity contribution in [3.8, 4) is 0 Å². The van der Waals surface area contributed by atoms with Gasteiger partial charge in [0, 0.05) is 32.5 Å². The van der Waals surface area contributed by atoms with Gasteiger partial charge in [-0.1, -0.05) is 0 Å². The molecule has 0 aliphatic heterocycles. The average molecular weight is 233 g/mol. The number of hydrogen-bond donors (Lipinski definition) is 0. The van der Waals surface area contributed by atoms with Crippen molar-refractivity contribution in [2.75, 3.05) is 18.0 Å². The van der Waals surface area contributed by atoms with Crippen molar-refractivity contribution in [3.05, 3.63) is 22.9 Å². The Bertz CT molecular complexity index is 588. The van der Waals surface area contributed by atoms with Crippen LogP contribution in [0, 0.1) is 0 Å². The molecule has 0 amide bonds. The predicted octanol–water partition coefficient (Wildman–Crippen LogP) is 0.570. The second kappa shape index (κ2) is 4.48. The minimum absolute atomic E-state index is 0.306. The SMILES string of the molecule is CCN(CC)c1nc(=O)n(C)c2nccnc12. The first-order valence-electron chi connectivity index (χ1n) is 5.61. The highest BCUT2D eigenvalue weighted by Crippen LogP contribution is 2.17. The summed E-state index contributed by atoms with van der Waals surface area (Å²) in [5.41, 5.74) is 0.924. The van der Waals surface area contributed by atoms with Gasteiger partial charge in [-0.3, -0.25) is 4.57 Å². The fraction of sp³-hybridized carbons (Fsp3) is 0.455. The quantitative estimate of drug-likeness (QED) is 0.775. The summed E-state index contributed by atoms with van der Waals surface area (Å²) in [6.07, 6.45) is 3.19. The highest BCUT2D eigenvalue weighted by atomic mass is 16.1. The Morgan fingerprint density at radius 2 is 1.88 bits per heavy atom. The topological polar surface area (TPSA) is 63.9 Å². The minimum Gasteiger partial charge on any atom is -0.355 e. The van der Waals surface area contributed by atoms with E-state index < -0.39 is 0 Å². The molecule has 6 heteroatoms. The molecule has 0 aliphatic carbocycles. The van der Waals surface area contributed by atoms with Crippen LogP contribution in [0.15, 0.2) is 17.2 Å². The lowest BCUT2D eigenvalue weighted by Crippen LogP contribution is -2.29. The molecule has 2 rings (SSSR count). The monoisotopic (exact) mass is 233 g/mol. The van der Waals surface area contributed by atoms with Crippen LogP contribution in [-0.4, -0.2) is 32.6 Å². The number of fused-ring (bicyclic) bond motifs is 1. The highest BCUT2D eigenvalue weighted by molar-refractivity contribution is 5.82. The fourth-order valence-electron chi connectivity index (χ4n) is 1.79. The van der Waals surface area contributed by atoms with E-state index in [1.54, 1.807) is 19.4 Å². The van der Waals surface area contributed by atoms with Gasteiger partial charge in [0.15, 0.2) is 11.5 Å². The average Bonchev–Trinajstić information content (AvgIpc) is 2.37. The van der Waals surface area contributed by atoms with Crippen LogP contribution >= 0.6 is 0 Å². The van der Waals surface area contributed by atoms with Gasteiger partial charge in [-0.05, 0) is 13.8 Å². The molecule has 0 bridgehead atoms. The molecule has 0 aromatic carbocycles. The molecule has 2 aromatic rings. The van der Waals surface area contributed by atoms with E-state index in [-0.39, 0.29) is 5.69 Å². The van der Waals surface area contributed by atoms with E-state index in [4.69, 9.17) is 0 Å². The van der Waals surface area contributed by atoms with Gasteiger partial charge in [0.1, 0.15) is 5.52 Å². The van der Waals surface area contributed by atoms with Crippen molar-refractivity contribution in [1.29, 1.82) is 0 Å². The first kappa shape index (κ1) is 11.5. The molecule has 0 fully saturated rings. The largest absolute Gasteiger partial charge is 0.355 e. The van der Waals surface area contributed by atoms with Gasteiger partial charge in [0.05, 0.1) is 0 Å². The molecule has 2 aromatic heterocycles. The summed E-state index contributed by atoms with van der Waals surface area (Å²) in [6.45, 7) is 5.60. The van der Waals surface area contributed by atoms with E-state index in [9.17, 15) is 4.79 Å². The Labute approximate surface area is 98.9 Å². The van der Waals surface area contributed by atoms with Crippen molar-refractivity contribution in [1.82, 2.24) is 19.5 Å². The Hall–Kier alpha value is -1.98. The van der Waals surface area contributed by atoms with Gasteiger partial charge >= 0.3 is 5.69 Å². The Morgan fingerprint density at radius 3 is 2.53 bits per heavy atom. The first-order chi connectivity index (χ1) is 8.19. The van der Waals surface area contributed by atoms with Crippen LogP contribution in [0.3, 0.4) is 0 Å². The summed E-state index contributed by atoms with van der Waals surface area (Å²) in [7, 11) is 1.65. The molecule has 2 heterocycles. The van der Waals surface area contributed by atoms with Gasteiger partial charge in [-0.2, -0.15) is 4.98 Å². The summed E-state index contributed by atoms with van der Waals surface area (Å²) >= 11 is 0. The molecule has 17 heavy (non-hydrogen) atoms. The number of anilines is 1. The van der Waals surface area contributed by atoms with E-state index in [0.717, 1.165) is 13.1 Å². The van der Waals surface area contributed by atoms with Crippen LogP contribution in [0.4, 0.5) is 5.82 Å². The van der Waals surface area contributed by atoms with E-state index in [2.05, 4.69) is 15.0 Å². The zero-order valence-corrected chi connectivity index (χ0v) is 10.2. The Morgan fingerprint density at radius 1 is 1.24 bits per heavy atom. The lowest BCUT2D eigenvalue weighted by atomic mass is 10.4. The smallest absolute Gasteiger partial charge is 0.351 e. The lowest BCUT2D eigenvalue weighted by molar-refractivity contribution is 0.795. The van der Waals surface area contributed by atoms with Crippen LogP contribution in [0.1, 0.15) is 13.8 Å². The summed E-state index contributed by atoms with van der Waals surface area (Å²) in [6, 6.07) is 0. The zero-order chi connectivity index (χ0) is 12.4. The second-order valence-electron chi connectivity index (χ2n) is 3.68. The third-order valence-corrected chi connectivity index (χ3v) is 2.76. The number of nitrogens with zero attached hydrogens (tertiary/aromatic N) is 5. The van der Waals surface area contributed by atoms with Crippen LogP contribution in [0.25, 0.3) is 11.2 Å². The van der Waals surface area contributed by atoms with E-state index in [1.807, 2.05) is 18.7 Å². The minimum atomic E-state index is -0.306. The third-order valence-electron chi connectivity index (χ3n) is 2.76. The molecule has 0 N–H and O–H groups in total. The van der Waals surface area contributed by atoms with Gasteiger partial charge < -0.3 is 4.90 Å². The van der Waals surface area contributed by atoms with E-state index in [1.165, 1.54) is 4.57 Å². The maximum absolute atomic E-state index is 11.7. The van der Waals surface area contributed by atoms with E-state index >= 15 is 0 Å². The molecule has 0 atom stereocenters. The number of aromatic nitrogens is 4. The van der Waals surface area contributed by atoms with Gasteiger partial charge in [-0.15, -0.1) is 0 Å². The molecule has 0 saturated carbocycles. The summed E-state index contributed by atoms with van der Waals surface area (Å²) < 4.78 is 1.41. The summed E-state index contributed by atoms with van der Waals surface area (Å²) in [5, 5.41) is 0. The van der Waals surface area contributed by atoms with Crippen molar-refractivity contribution in [2.45, 2.75) is 13.8 Å². The van der Waals surface area contributed by atoms with Crippen molar-refractivity contribution >= 4 is 17.0 Å². The molecular weight excluding hydrogens is 218 g/mol. The van der Waals surface area contributed by atoms with Crippen LogP contribution < -0.4 is 10.6 Å². The number of hydrogen-bond acceptors (Lipinski definition) is 5. The molecular formula is C11H15N5O. The normalized spacial score (nSPS) is 10.8. The van der Waals surface area contributed by atoms with Crippen LogP contribution in [0.5, 0.6) is 0 Å². The molecule has 0 radical (unpaired) electrons.